The van der Waals surface area contributed by atoms with Gasteiger partial charge in [-0.2, -0.15) is 0 Å². The summed E-state index contributed by atoms with van der Waals surface area (Å²) in [6.07, 6.45) is 0.712. The smallest absolute Gasteiger partial charge is 0.336 e. The molecular weight excluding hydrogens is 512 g/mol. The van der Waals surface area contributed by atoms with Gasteiger partial charge in [0.05, 0.1) is 11.6 Å². The second kappa shape index (κ2) is 10.9. The predicted molar refractivity (Wildman–Crippen MR) is 163 cm³/mol. The first-order valence-corrected chi connectivity index (χ1v) is 13.6. The first-order chi connectivity index (χ1) is 19.5. The van der Waals surface area contributed by atoms with Crippen molar-refractivity contribution < 1.29 is 14.7 Å². The van der Waals surface area contributed by atoms with Crippen LogP contribution in [0.4, 0.5) is 5.69 Å². The fraction of sp³-hybridized carbons (Fsp3) is 0.206. The first-order valence-electron chi connectivity index (χ1n) is 13.6. The van der Waals surface area contributed by atoms with E-state index in [0.717, 1.165) is 27.9 Å². The Labute approximate surface area is 239 Å². The number of hydrogen-bond donors (Lipinski definition) is 5. The minimum atomic E-state index is -1.10. The third-order valence-electron chi connectivity index (χ3n) is 7.37. The molecule has 7 heteroatoms. The Morgan fingerprint density at radius 1 is 0.878 bits per heavy atom. The standard InChI is InChI=1S/C34H34N4O3/c1-34(2,3)38-32(39)22-13-15-24(28(18-22)33(40)41)23-11-7-8-12-25(23)30-19-26(20-9-5-4-6-10-20)27-17-21(31(35)36)14-16-29(27)37-30/h4-18,26,30,37H,19H2,1-3H3,(H3,35,36)(H,38,39)(H,40,41). The van der Waals surface area contributed by atoms with Gasteiger partial charge in [0.15, 0.2) is 0 Å². The van der Waals surface area contributed by atoms with Gasteiger partial charge in [-0.05, 0) is 85.3 Å². The van der Waals surface area contributed by atoms with Crippen LogP contribution in [0.15, 0.2) is 91.0 Å². The summed E-state index contributed by atoms with van der Waals surface area (Å²) in [5.41, 5.74) is 11.9. The number of benzene rings is 4. The summed E-state index contributed by atoms with van der Waals surface area (Å²) in [6, 6.07) is 28.6. The molecule has 1 amide bonds. The quantitative estimate of drug-likeness (QED) is 0.138. The van der Waals surface area contributed by atoms with Crippen LogP contribution < -0.4 is 16.4 Å². The number of nitrogens with one attached hydrogen (secondary N) is 3. The van der Waals surface area contributed by atoms with Gasteiger partial charge in [-0.25, -0.2) is 4.79 Å². The summed E-state index contributed by atoms with van der Waals surface area (Å²) in [6.45, 7) is 5.64. The Morgan fingerprint density at radius 3 is 2.24 bits per heavy atom. The third-order valence-corrected chi connectivity index (χ3v) is 7.37. The van der Waals surface area contributed by atoms with E-state index in [-0.39, 0.29) is 29.3 Å². The highest BCUT2D eigenvalue weighted by Gasteiger charge is 2.31. The molecule has 208 valence electrons. The lowest BCUT2D eigenvalue weighted by molar-refractivity contribution is 0.0697. The zero-order chi connectivity index (χ0) is 29.3. The highest BCUT2D eigenvalue weighted by Crippen LogP contribution is 2.46. The van der Waals surface area contributed by atoms with Crippen LogP contribution >= 0.6 is 0 Å². The maximum absolute atomic E-state index is 12.8. The molecule has 1 aliphatic heterocycles. The zero-order valence-electron chi connectivity index (χ0n) is 23.4. The summed E-state index contributed by atoms with van der Waals surface area (Å²) >= 11 is 0. The van der Waals surface area contributed by atoms with Crippen LogP contribution in [0.3, 0.4) is 0 Å². The van der Waals surface area contributed by atoms with E-state index in [4.69, 9.17) is 11.1 Å². The molecule has 7 nitrogen and oxygen atoms in total. The number of amidine groups is 1. The molecule has 0 saturated carbocycles. The maximum Gasteiger partial charge on any atom is 0.336 e. The number of fused-ring (bicyclic) bond motifs is 1. The number of carboxylic acids is 1. The van der Waals surface area contributed by atoms with Crippen LogP contribution in [0.2, 0.25) is 0 Å². The van der Waals surface area contributed by atoms with E-state index in [1.165, 1.54) is 6.07 Å². The molecule has 0 aromatic heterocycles. The van der Waals surface area contributed by atoms with Gasteiger partial charge in [0.1, 0.15) is 5.84 Å². The van der Waals surface area contributed by atoms with Crippen molar-refractivity contribution >= 4 is 23.4 Å². The lowest BCUT2D eigenvalue weighted by atomic mass is 9.78. The summed E-state index contributed by atoms with van der Waals surface area (Å²) in [4.78, 5) is 25.3. The van der Waals surface area contributed by atoms with Gasteiger partial charge < -0.3 is 21.5 Å². The van der Waals surface area contributed by atoms with E-state index >= 15 is 0 Å². The van der Waals surface area contributed by atoms with E-state index in [9.17, 15) is 14.7 Å². The van der Waals surface area contributed by atoms with Gasteiger partial charge in [0.2, 0.25) is 0 Å². The highest BCUT2D eigenvalue weighted by molar-refractivity contribution is 6.02. The van der Waals surface area contributed by atoms with Gasteiger partial charge in [0, 0.05) is 28.3 Å². The van der Waals surface area contributed by atoms with Gasteiger partial charge >= 0.3 is 5.97 Å². The van der Waals surface area contributed by atoms with Gasteiger partial charge in [0.25, 0.3) is 5.91 Å². The zero-order valence-corrected chi connectivity index (χ0v) is 23.4. The van der Waals surface area contributed by atoms with Crippen LogP contribution in [0, 0.1) is 5.41 Å². The predicted octanol–water partition coefficient (Wildman–Crippen LogP) is 6.55. The van der Waals surface area contributed by atoms with Crippen LogP contribution in [-0.2, 0) is 0 Å². The molecule has 0 fully saturated rings. The fourth-order valence-corrected chi connectivity index (χ4v) is 5.52. The number of carbonyl (C=O) groups excluding carboxylic acids is 1. The SMILES string of the molecule is CC(C)(C)NC(=O)c1ccc(-c2ccccc2C2CC(c3ccccc3)c3cc(C(=N)N)ccc3N2)c(C(=O)O)c1. The Bertz CT molecular complexity index is 1640. The molecule has 4 aromatic rings. The van der Waals surface area contributed by atoms with E-state index in [1.54, 1.807) is 12.1 Å². The van der Waals surface area contributed by atoms with Gasteiger partial charge in [-0.1, -0.05) is 60.7 Å². The van der Waals surface area contributed by atoms with Crippen molar-refractivity contribution in [3.63, 3.8) is 0 Å². The molecule has 5 rings (SSSR count). The number of carbonyl (C=O) groups is 2. The third kappa shape index (κ3) is 5.84. The van der Waals surface area contributed by atoms with E-state index in [2.05, 4.69) is 22.8 Å². The van der Waals surface area contributed by atoms with Crippen molar-refractivity contribution in [1.82, 2.24) is 5.32 Å². The summed E-state index contributed by atoms with van der Waals surface area (Å²) < 4.78 is 0. The normalized spacial score (nSPS) is 16.3. The molecule has 41 heavy (non-hydrogen) atoms. The van der Waals surface area contributed by atoms with Crippen LogP contribution in [0.5, 0.6) is 0 Å². The number of aromatic carboxylic acids is 1. The van der Waals surface area contributed by atoms with Crippen molar-refractivity contribution in [1.29, 1.82) is 5.41 Å². The van der Waals surface area contributed by atoms with Crippen molar-refractivity contribution in [3.8, 4) is 11.1 Å². The highest BCUT2D eigenvalue weighted by atomic mass is 16.4. The molecule has 1 aliphatic rings. The average Bonchev–Trinajstić information content (AvgIpc) is 2.95. The molecule has 0 aliphatic carbocycles. The Morgan fingerprint density at radius 2 is 1.56 bits per heavy atom. The lowest BCUT2D eigenvalue weighted by Gasteiger charge is -2.35. The minimum absolute atomic E-state index is 0.0212. The van der Waals surface area contributed by atoms with Gasteiger partial charge in [-0.3, -0.25) is 10.2 Å². The second-order valence-electron chi connectivity index (χ2n) is 11.5. The minimum Gasteiger partial charge on any atom is -0.478 e. The molecule has 0 saturated heterocycles. The number of hydrogen-bond acceptors (Lipinski definition) is 4. The largest absolute Gasteiger partial charge is 0.478 e. The van der Waals surface area contributed by atoms with Crippen molar-refractivity contribution in [2.24, 2.45) is 5.73 Å². The van der Waals surface area contributed by atoms with Crippen LogP contribution in [0.1, 0.15) is 82.1 Å². The van der Waals surface area contributed by atoms with Crippen LogP contribution in [0.25, 0.3) is 11.1 Å². The summed E-state index contributed by atoms with van der Waals surface area (Å²) in [5, 5.41) is 24.7. The topological polar surface area (TPSA) is 128 Å². The number of nitrogens with two attached hydrogens (primary N) is 1. The lowest BCUT2D eigenvalue weighted by Crippen LogP contribution is -2.40. The Hall–Kier alpha value is -4.91. The summed E-state index contributed by atoms with van der Waals surface area (Å²) in [7, 11) is 0. The molecule has 4 aromatic carbocycles. The number of anilines is 1. The second-order valence-corrected chi connectivity index (χ2v) is 11.5. The summed E-state index contributed by atoms with van der Waals surface area (Å²) in [5.74, 6) is -1.36. The van der Waals surface area contributed by atoms with Crippen molar-refractivity contribution in [2.45, 2.75) is 44.7 Å². The average molecular weight is 547 g/mol. The van der Waals surface area contributed by atoms with Crippen LogP contribution in [-0.4, -0.2) is 28.4 Å². The van der Waals surface area contributed by atoms with Gasteiger partial charge in [-0.15, -0.1) is 0 Å². The number of rotatable bonds is 6. The first kappa shape index (κ1) is 27.6. The molecule has 0 spiro atoms. The molecule has 0 bridgehead atoms. The van der Waals surface area contributed by atoms with Crippen molar-refractivity contribution in [2.75, 3.05) is 5.32 Å². The number of nitrogen functional groups attached to an aromatic ring is 1. The maximum atomic E-state index is 12.8. The van der Waals surface area contributed by atoms with E-state index in [0.29, 0.717) is 23.1 Å². The fourth-order valence-electron chi connectivity index (χ4n) is 5.52. The van der Waals surface area contributed by atoms with E-state index < -0.39 is 11.5 Å². The molecular formula is C34H34N4O3. The molecule has 2 unspecified atom stereocenters. The Kier molecular flexibility index (Phi) is 7.37. The molecule has 1 heterocycles. The monoisotopic (exact) mass is 546 g/mol. The number of carboxylic acid groups (broad SMARTS) is 1. The van der Waals surface area contributed by atoms with Crippen molar-refractivity contribution in [3.05, 3.63) is 124 Å². The molecule has 6 N–H and O–H groups in total. The van der Waals surface area contributed by atoms with E-state index in [1.807, 2.05) is 81.4 Å². The molecule has 0 radical (unpaired) electrons. The molecule has 2 atom stereocenters. The Balaban J connectivity index is 1.59. The number of amides is 1.